The summed E-state index contributed by atoms with van der Waals surface area (Å²) in [6.45, 7) is 3.06. The highest BCUT2D eigenvalue weighted by Gasteiger charge is 2.47. The molecule has 2 N–H and O–H groups in total. The van der Waals surface area contributed by atoms with E-state index in [1.54, 1.807) is 6.07 Å². The van der Waals surface area contributed by atoms with E-state index in [9.17, 15) is 32.7 Å². The molecule has 0 aromatic carbocycles. The third-order valence-corrected chi connectivity index (χ3v) is 5.01. The van der Waals surface area contributed by atoms with E-state index in [1.165, 1.54) is 13.8 Å². The number of nitriles is 1. The van der Waals surface area contributed by atoms with Gasteiger partial charge < -0.3 is 10.4 Å². The highest BCUT2D eigenvalue weighted by Crippen LogP contribution is 2.45. The van der Waals surface area contributed by atoms with E-state index < -0.39 is 34.4 Å². The van der Waals surface area contributed by atoms with Crippen LogP contribution in [0, 0.1) is 34.5 Å². The number of alkyl halides is 3. The summed E-state index contributed by atoms with van der Waals surface area (Å²) in [6, 6.07) is 5.05. The van der Waals surface area contributed by atoms with Crippen molar-refractivity contribution in [1.29, 1.82) is 5.26 Å². The fraction of sp³-hybridized carbons (Fsp3) is 0.318. The lowest BCUT2D eigenvalue weighted by molar-refractivity contribution is -0.127. The molecule has 2 heterocycles. The molecular weight excluding hydrogens is 414 g/mol. The molecule has 0 saturated heterocycles. The maximum atomic E-state index is 14.1. The van der Waals surface area contributed by atoms with Crippen LogP contribution in [0.2, 0.25) is 0 Å². The summed E-state index contributed by atoms with van der Waals surface area (Å²) in [6.07, 6.45) is -1.76. The molecule has 1 atom stereocenters. The molecule has 3 rings (SSSR count). The first kappa shape index (κ1) is 22.3. The van der Waals surface area contributed by atoms with Crippen LogP contribution < -0.4 is 5.32 Å². The van der Waals surface area contributed by atoms with Gasteiger partial charge in [-0.05, 0) is 30.2 Å². The van der Waals surface area contributed by atoms with Crippen molar-refractivity contribution in [2.75, 3.05) is 0 Å². The minimum atomic E-state index is -4.71. The number of nitrogens with one attached hydrogen (secondary N) is 1. The lowest BCUT2D eigenvalue weighted by Crippen LogP contribution is -2.42. The second kappa shape index (κ2) is 7.68. The van der Waals surface area contributed by atoms with Crippen molar-refractivity contribution in [3.05, 3.63) is 58.8 Å². The van der Waals surface area contributed by atoms with Gasteiger partial charge >= 0.3 is 6.18 Å². The van der Waals surface area contributed by atoms with Gasteiger partial charge in [-0.15, -0.1) is 0 Å². The van der Waals surface area contributed by atoms with E-state index >= 15 is 0 Å². The number of halogens is 4. The van der Waals surface area contributed by atoms with Crippen LogP contribution in [0.1, 0.15) is 37.9 Å². The van der Waals surface area contributed by atoms with Crippen LogP contribution in [0.5, 0.6) is 0 Å². The number of pyridine rings is 1. The lowest BCUT2D eigenvalue weighted by atomic mass is 9.68. The summed E-state index contributed by atoms with van der Waals surface area (Å²) in [7, 11) is 0. The van der Waals surface area contributed by atoms with Crippen molar-refractivity contribution in [2.24, 2.45) is 5.41 Å². The SMILES string of the molecule is CC1(C)CC(O)(c2ncc(F)cc2/C2=C/C(C(F)(F)F)=C\NC#CC2)C=C(C#N)C1=O. The van der Waals surface area contributed by atoms with Gasteiger partial charge in [-0.3, -0.25) is 9.78 Å². The fourth-order valence-corrected chi connectivity index (χ4v) is 3.66. The topological polar surface area (TPSA) is 86.0 Å². The van der Waals surface area contributed by atoms with Crippen LogP contribution >= 0.6 is 0 Å². The van der Waals surface area contributed by atoms with Gasteiger partial charge in [0.05, 0.1) is 23.0 Å². The molecule has 0 fully saturated rings. The number of nitrogens with zero attached hydrogens (tertiary/aromatic N) is 2. The smallest absolute Gasteiger partial charge is 0.379 e. The second-order valence-electron chi connectivity index (χ2n) is 7.92. The Hall–Kier alpha value is -3.43. The summed E-state index contributed by atoms with van der Waals surface area (Å²) in [4.78, 5) is 16.4. The summed E-state index contributed by atoms with van der Waals surface area (Å²) in [5.74, 6) is 1.31. The molecule has 0 radical (unpaired) electrons. The summed E-state index contributed by atoms with van der Waals surface area (Å²) < 4.78 is 54.2. The first-order valence-corrected chi connectivity index (χ1v) is 9.15. The number of rotatable bonds is 2. The predicted octanol–water partition coefficient (Wildman–Crippen LogP) is 3.64. The lowest BCUT2D eigenvalue weighted by Gasteiger charge is -2.38. The Morgan fingerprint density at radius 1 is 1.35 bits per heavy atom. The Morgan fingerprint density at radius 2 is 2.06 bits per heavy atom. The van der Waals surface area contributed by atoms with E-state index in [0.29, 0.717) is 6.20 Å². The quantitative estimate of drug-likeness (QED) is 0.552. The van der Waals surface area contributed by atoms with Gasteiger partial charge in [-0.1, -0.05) is 19.8 Å². The van der Waals surface area contributed by atoms with Gasteiger partial charge in [0.2, 0.25) is 0 Å². The largest absolute Gasteiger partial charge is 0.417 e. The summed E-state index contributed by atoms with van der Waals surface area (Å²) >= 11 is 0. The number of Topliss-reactive ketones (excluding diaryl/α,β-unsaturated/α-hetero) is 1. The highest BCUT2D eigenvalue weighted by molar-refractivity contribution is 6.04. The molecule has 1 aliphatic carbocycles. The molecule has 0 spiro atoms. The number of hydrogen-bond acceptors (Lipinski definition) is 5. The van der Waals surface area contributed by atoms with E-state index in [2.05, 4.69) is 22.3 Å². The van der Waals surface area contributed by atoms with Gasteiger partial charge in [-0.25, -0.2) is 4.39 Å². The zero-order valence-electron chi connectivity index (χ0n) is 16.6. The van der Waals surface area contributed by atoms with E-state index in [0.717, 1.165) is 24.4 Å². The van der Waals surface area contributed by atoms with Crippen LogP contribution in [-0.4, -0.2) is 22.1 Å². The molecule has 0 bridgehead atoms. The minimum Gasteiger partial charge on any atom is -0.379 e. The number of aromatic nitrogens is 1. The van der Waals surface area contributed by atoms with Crippen molar-refractivity contribution in [1.82, 2.24) is 10.3 Å². The van der Waals surface area contributed by atoms with Gasteiger partial charge in [0, 0.05) is 29.6 Å². The van der Waals surface area contributed by atoms with Crippen molar-refractivity contribution in [3.63, 3.8) is 0 Å². The molecule has 2 aliphatic rings. The van der Waals surface area contributed by atoms with Crippen LogP contribution in [0.3, 0.4) is 0 Å². The van der Waals surface area contributed by atoms with E-state index in [1.807, 2.05) is 0 Å². The Labute approximate surface area is 175 Å². The van der Waals surface area contributed by atoms with Crippen molar-refractivity contribution >= 4 is 11.4 Å². The highest BCUT2D eigenvalue weighted by atomic mass is 19.4. The third kappa shape index (κ3) is 4.37. The van der Waals surface area contributed by atoms with Crippen LogP contribution in [0.15, 0.2) is 41.8 Å². The first-order chi connectivity index (χ1) is 14.4. The molecule has 31 heavy (non-hydrogen) atoms. The van der Waals surface area contributed by atoms with Crippen molar-refractivity contribution in [2.45, 2.75) is 38.5 Å². The van der Waals surface area contributed by atoms with Crippen LogP contribution in [0.25, 0.3) is 5.57 Å². The minimum absolute atomic E-state index is 0.0189. The van der Waals surface area contributed by atoms with Gasteiger partial charge in [0.1, 0.15) is 17.5 Å². The number of ketones is 1. The predicted molar refractivity (Wildman–Crippen MR) is 103 cm³/mol. The molecule has 0 amide bonds. The fourth-order valence-electron chi connectivity index (χ4n) is 3.66. The Kier molecular flexibility index (Phi) is 5.51. The standard InChI is InChI=1S/C22H17F4N3O2/c1-20(2)12-21(31,8-14(9-27)19(20)30)18-17(7-16(23)11-29-18)13-4-3-5-28-10-15(6-13)22(24,25)26/h6-8,10-11,28,31H,4,12H2,1-2H3/b13-6+,15-10+. The molecule has 160 valence electrons. The zero-order chi connectivity index (χ0) is 23.0. The molecular formula is C22H17F4N3O2. The monoisotopic (exact) mass is 431 g/mol. The average Bonchev–Trinajstić information content (AvgIpc) is 2.63. The maximum Gasteiger partial charge on any atom is 0.417 e. The van der Waals surface area contributed by atoms with Crippen molar-refractivity contribution in [3.8, 4) is 18.0 Å². The third-order valence-electron chi connectivity index (χ3n) is 5.01. The molecule has 0 saturated carbocycles. The summed E-state index contributed by atoms with van der Waals surface area (Å²) in [5.41, 5.74) is -4.76. The van der Waals surface area contributed by atoms with E-state index in [-0.39, 0.29) is 35.2 Å². The summed E-state index contributed by atoms with van der Waals surface area (Å²) in [5, 5.41) is 22.9. The number of carbonyl (C=O) groups excluding carboxylic acids is 1. The Balaban J connectivity index is 2.25. The number of hydrogen-bond donors (Lipinski definition) is 2. The second-order valence-corrected chi connectivity index (χ2v) is 7.92. The van der Waals surface area contributed by atoms with Gasteiger partial charge in [0.25, 0.3) is 0 Å². The zero-order valence-corrected chi connectivity index (χ0v) is 16.6. The van der Waals surface area contributed by atoms with E-state index in [4.69, 9.17) is 0 Å². The normalized spacial score (nSPS) is 26.4. The molecule has 1 aliphatic heterocycles. The number of carbonyl (C=O) groups is 1. The molecule has 9 heteroatoms. The molecule has 1 aromatic rings. The number of allylic oxidation sites excluding steroid dienone is 4. The Bertz CT molecular complexity index is 1140. The Morgan fingerprint density at radius 3 is 2.71 bits per heavy atom. The maximum absolute atomic E-state index is 14.1. The van der Waals surface area contributed by atoms with Gasteiger partial charge in [0.15, 0.2) is 5.78 Å². The first-order valence-electron chi connectivity index (χ1n) is 9.15. The molecule has 5 nitrogen and oxygen atoms in total. The van der Waals surface area contributed by atoms with Gasteiger partial charge in [-0.2, -0.15) is 18.4 Å². The number of aliphatic hydroxyl groups is 1. The van der Waals surface area contributed by atoms with Crippen LogP contribution in [-0.2, 0) is 10.4 Å². The molecule has 1 aromatic heterocycles. The van der Waals surface area contributed by atoms with Crippen LogP contribution in [0.4, 0.5) is 17.6 Å². The molecule has 1 unspecified atom stereocenters. The average molecular weight is 431 g/mol. The van der Waals surface area contributed by atoms with Crippen molar-refractivity contribution < 1.29 is 27.5 Å².